The molecule has 1 amide bonds. The first-order valence-corrected chi connectivity index (χ1v) is 6.89. The van der Waals surface area contributed by atoms with Crippen molar-refractivity contribution >= 4 is 29.2 Å². The minimum atomic E-state index is -1.13. The second kappa shape index (κ2) is 5.81. The molecule has 0 radical (unpaired) electrons. The van der Waals surface area contributed by atoms with Gasteiger partial charge >= 0.3 is 5.97 Å². The van der Waals surface area contributed by atoms with Gasteiger partial charge in [-0.15, -0.1) is 0 Å². The van der Waals surface area contributed by atoms with Gasteiger partial charge in [-0.05, 0) is 31.0 Å². The van der Waals surface area contributed by atoms with E-state index in [2.05, 4.69) is 5.32 Å². The van der Waals surface area contributed by atoms with Crippen LogP contribution < -0.4 is 11.1 Å². The van der Waals surface area contributed by atoms with Crippen molar-refractivity contribution in [3.05, 3.63) is 28.8 Å². The molecule has 1 fully saturated rings. The number of amides is 1. The number of carboxylic acid groups (broad SMARTS) is 1. The minimum absolute atomic E-state index is 0.0247. The highest BCUT2D eigenvalue weighted by Gasteiger charge is 2.31. The first-order chi connectivity index (χ1) is 9.39. The molecule has 1 saturated carbocycles. The lowest BCUT2D eigenvalue weighted by molar-refractivity contribution is -0.117. The van der Waals surface area contributed by atoms with E-state index in [1.165, 1.54) is 18.2 Å². The quantitative estimate of drug-likeness (QED) is 0.796. The summed E-state index contributed by atoms with van der Waals surface area (Å²) < 4.78 is 0. The molecule has 0 unspecified atom stereocenters. The molecule has 6 heteroatoms. The van der Waals surface area contributed by atoms with E-state index >= 15 is 0 Å². The molecule has 20 heavy (non-hydrogen) atoms. The van der Waals surface area contributed by atoms with Crippen LogP contribution in [-0.2, 0) is 4.79 Å². The Hall–Kier alpha value is -1.59. The van der Waals surface area contributed by atoms with Crippen molar-refractivity contribution in [3.8, 4) is 0 Å². The summed E-state index contributed by atoms with van der Waals surface area (Å²) in [4.78, 5) is 23.1. The van der Waals surface area contributed by atoms with Crippen LogP contribution in [0.3, 0.4) is 0 Å². The zero-order valence-corrected chi connectivity index (χ0v) is 11.7. The lowest BCUT2D eigenvalue weighted by atomic mass is 9.94. The van der Waals surface area contributed by atoms with Gasteiger partial charge in [-0.1, -0.05) is 24.4 Å². The van der Waals surface area contributed by atoms with E-state index in [4.69, 9.17) is 22.4 Å². The van der Waals surface area contributed by atoms with E-state index in [1.54, 1.807) is 0 Å². The number of nitrogens with two attached hydrogens (primary N) is 1. The predicted molar refractivity (Wildman–Crippen MR) is 77.0 cm³/mol. The minimum Gasteiger partial charge on any atom is -0.478 e. The van der Waals surface area contributed by atoms with Gasteiger partial charge in [0.1, 0.15) is 0 Å². The van der Waals surface area contributed by atoms with Crippen molar-refractivity contribution < 1.29 is 14.7 Å². The van der Waals surface area contributed by atoms with Gasteiger partial charge in [0.05, 0.1) is 11.3 Å². The molecule has 0 heterocycles. The maximum Gasteiger partial charge on any atom is 0.337 e. The number of rotatable bonds is 4. The third kappa shape index (κ3) is 3.49. The number of hydrogen-bond donors (Lipinski definition) is 3. The van der Waals surface area contributed by atoms with E-state index in [-0.39, 0.29) is 23.6 Å². The van der Waals surface area contributed by atoms with E-state index in [1.807, 2.05) is 0 Å². The summed E-state index contributed by atoms with van der Waals surface area (Å²) >= 11 is 5.76. The van der Waals surface area contributed by atoms with Gasteiger partial charge in [0, 0.05) is 17.0 Å². The number of halogens is 1. The van der Waals surface area contributed by atoms with Gasteiger partial charge in [0.2, 0.25) is 5.91 Å². The number of aromatic carboxylic acids is 1. The Bertz CT molecular complexity index is 539. The summed E-state index contributed by atoms with van der Waals surface area (Å²) in [5, 5.41) is 12.0. The van der Waals surface area contributed by atoms with Crippen LogP contribution in [0, 0.1) is 0 Å². The Labute approximate surface area is 122 Å². The molecule has 0 atom stereocenters. The molecule has 0 aromatic heterocycles. The fourth-order valence-corrected chi connectivity index (χ4v) is 2.74. The molecule has 1 aliphatic carbocycles. The van der Waals surface area contributed by atoms with E-state index in [0.29, 0.717) is 5.02 Å². The van der Waals surface area contributed by atoms with Crippen molar-refractivity contribution in [1.82, 2.24) is 0 Å². The third-order valence-corrected chi connectivity index (χ3v) is 3.83. The second-order valence-corrected chi connectivity index (χ2v) is 5.73. The highest BCUT2D eigenvalue weighted by Crippen LogP contribution is 2.30. The first-order valence-electron chi connectivity index (χ1n) is 6.51. The van der Waals surface area contributed by atoms with Gasteiger partial charge in [0.15, 0.2) is 0 Å². The van der Waals surface area contributed by atoms with E-state index in [9.17, 15) is 9.59 Å². The van der Waals surface area contributed by atoms with Crippen LogP contribution in [0.25, 0.3) is 0 Å². The Kier molecular flexibility index (Phi) is 4.30. The Morgan fingerprint density at radius 2 is 2.00 bits per heavy atom. The monoisotopic (exact) mass is 296 g/mol. The summed E-state index contributed by atoms with van der Waals surface area (Å²) in [5.74, 6) is -1.40. The summed E-state index contributed by atoms with van der Waals surface area (Å²) in [6.07, 6.45) is 3.92. The second-order valence-electron chi connectivity index (χ2n) is 5.29. The molecule has 0 aliphatic heterocycles. The molecule has 2 rings (SSSR count). The predicted octanol–water partition coefficient (Wildman–Crippen LogP) is 2.64. The maximum atomic E-state index is 12.0. The van der Waals surface area contributed by atoms with Crippen molar-refractivity contribution in [2.24, 2.45) is 5.73 Å². The van der Waals surface area contributed by atoms with Gasteiger partial charge in [-0.3, -0.25) is 4.79 Å². The molecule has 4 N–H and O–H groups in total. The van der Waals surface area contributed by atoms with Gasteiger partial charge in [-0.25, -0.2) is 4.79 Å². The van der Waals surface area contributed by atoms with Crippen LogP contribution in [0.4, 0.5) is 5.69 Å². The number of nitrogens with one attached hydrogen (secondary N) is 1. The summed E-state index contributed by atoms with van der Waals surface area (Å²) in [5.41, 5.74) is 5.90. The number of hydrogen-bond acceptors (Lipinski definition) is 3. The van der Waals surface area contributed by atoms with Crippen molar-refractivity contribution in [2.45, 2.75) is 37.6 Å². The average Bonchev–Trinajstić information content (AvgIpc) is 2.77. The molecular weight excluding hydrogens is 280 g/mol. The highest BCUT2D eigenvalue weighted by atomic mass is 35.5. The van der Waals surface area contributed by atoms with Gasteiger partial charge in [-0.2, -0.15) is 0 Å². The Morgan fingerprint density at radius 1 is 1.35 bits per heavy atom. The van der Waals surface area contributed by atoms with Crippen LogP contribution in [-0.4, -0.2) is 22.5 Å². The molecule has 0 saturated heterocycles. The number of carboxylic acids is 1. The van der Waals surface area contributed by atoms with Crippen LogP contribution in [0.5, 0.6) is 0 Å². The molecule has 1 aliphatic rings. The third-order valence-electron chi connectivity index (χ3n) is 3.60. The summed E-state index contributed by atoms with van der Waals surface area (Å²) in [7, 11) is 0. The first kappa shape index (κ1) is 14.8. The number of benzene rings is 1. The molecule has 108 valence electrons. The topological polar surface area (TPSA) is 92.4 Å². The van der Waals surface area contributed by atoms with Crippen molar-refractivity contribution in [2.75, 3.05) is 5.32 Å². The lowest BCUT2D eigenvalue weighted by Crippen LogP contribution is -2.40. The fraction of sp³-hybridized carbons (Fsp3) is 0.429. The molecular formula is C14H17ClN2O3. The maximum absolute atomic E-state index is 12.0. The fourth-order valence-electron chi connectivity index (χ4n) is 2.57. The van der Waals surface area contributed by atoms with Crippen LogP contribution >= 0.6 is 11.6 Å². The van der Waals surface area contributed by atoms with Crippen LogP contribution in [0.15, 0.2) is 18.2 Å². The van der Waals surface area contributed by atoms with Gasteiger partial charge in [0.25, 0.3) is 0 Å². The van der Waals surface area contributed by atoms with Crippen molar-refractivity contribution in [1.29, 1.82) is 0 Å². The number of carbonyl (C=O) groups excluding carboxylic acids is 1. The molecule has 1 aromatic carbocycles. The zero-order chi connectivity index (χ0) is 14.8. The highest BCUT2D eigenvalue weighted by molar-refractivity contribution is 6.31. The van der Waals surface area contributed by atoms with E-state index in [0.717, 1.165) is 25.7 Å². The number of anilines is 1. The van der Waals surface area contributed by atoms with Crippen LogP contribution in [0.2, 0.25) is 5.02 Å². The molecule has 1 aromatic rings. The smallest absolute Gasteiger partial charge is 0.337 e. The average molecular weight is 297 g/mol. The van der Waals surface area contributed by atoms with E-state index < -0.39 is 11.5 Å². The number of carbonyl (C=O) groups is 2. The summed E-state index contributed by atoms with van der Waals surface area (Å²) in [6.45, 7) is 0. The van der Waals surface area contributed by atoms with Gasteiger partial charge < -0.3 is 16.2 Å². The standard InChI is InChI=1S/C14H17ClN2O3/c15-9-3-4-11(10(7-9)13(19)20)17-12(18)8-14(16)5-1-2-6-14/h3-4,7H,1-2,5-6,8,16H2,(H,17,18)(H,19,20). The Morgan fingerprint density at radius 3 is 2.60 bits per heavy atom. The summed E-state index contributed by atoms with van der Waals surface area (Å²) in [6, 6.07) is 4.34. The molecule has 0 bridgehead atoms. The largest absolute Gasteiger partial charge is 0.478 e. The lowest BCUT2D eigenvalue weighted by Gasteiger charge is -2.22. The zero-order valence-electron chi connectivity index (χ0n) is 11.0. The SMILES string of the molecule is NC1(CC(=O)Nc2ccc(Cl)cc2C(=O)O)CCCC1. The normalized spacial score (nSPS) is 16.9. The Balaban J connectivity index is 2.09. The molecule has 0 spiro atoms. The van der Waals surface area contributed by atoms with Crippen LogP contribution in [0.1, 0.15) is 42.5 Å². The molecule has 5 nitrogen and oxygen atoms in total. The van der Waals surface area contributed by atoms with Crippen molar-refractivity contribution in [3.63, 3.8) is 0 Å².